The van der Waals surface area contributed by atoms with Gasteiger partial charge in [-0.2, -0.15) is 4.98 Å². The fourth-order valence-corrected chi connectivity index (χ4v) is 1.60. The lowest BCUT2D eigenvalue weighted by molar-refractivity contribution is -0.149. The zero-order valence-electron chi connectivity index (χ0n) is 12.0. The third-order valence-electron chi connectivity index (χ3n) is 3.42. The first-order valence-electron chi connectivity index (χ1n) is 6.34. The van der Waals surface area contributed by atoms with E-state index in [0.29, 0.717) is 17.3 Å². The van der Waals surface area contributed by atoms with Crippen LogP contribution in [0.15, 0.2) is 28.8 Å². The van der Waals surface area contributed by atoms with Gasteiger partial charge in [0.15, 0.2) is 0 Å². The van der Waals surface area contributed by atoms with Crippen LogP contribution in [0.5, 0.6) is 0 Å². The highest BCUT2D eigenvalue weighted by molar-refractivity contribution is 5.77. The van der Waals surface area contributed by atoms with Crippen LogP contribution in [0.4, 0.5) is 4.39 Å². The van der Waals surface area contributed by atoms with Gasteiger partial charge in [0, 0.05) is 5.56 Å². The SMILES string of the molecule is CN(Cc1nc(-c2ccc(F)cc2)no1)C(C)(C)C(=O)O. The smallest absolute Gasteiger partial charge is 0.323 e. The third-order valence-corrected chi connectivity index (χ3v) is 3.42. The first-order chi connectivity index (χ1) is 9.80. The molecule has 0 saturated carbocycles. The van der Waals surface area contributed by atoms with Crippen molar-refractivity contribution in [3.05, 3.63) is 36.0 Å². The number of carbonyl (C=O) groups is 1. The number of halogens is 1. The lowest BCUT2D eigenvalue weighted by Crippen LogP contribution is -2.47. The number of rotatable bonds is 5. The van der Waals surface area contributed by atoms with Crippen LogP contribution in [0.25, 0.3) is 11.4 Å². The van der Waals surface area contributed by atoms with Crippen molar-refractivity contribution in [1.29, 1.82) is 0 Å². The first-order valence-corrected chi connectivity index (χ1v) is 6.34. The van der Waals surface area contributed by atoms with E-state index in [1.54, 1.807) is 37.9 Å². The molecular weight excluding hydrogens is 277 g/mol. The maximum atomic E-state index is 12.9. The molecule has 0 bridgehead atoms. The van der Waals surface area contributed by atoms with Gasteiger partial charge in [0.25, 0.3) is 0 Å². The average Bonchev–Trinajstić information content (AvgIpc) is 2.87. The molecule has 21 heavy (non-hydrogen) atoms. The largest absolute Gasteiger partial charge is 0.480 e. The molecule has 0 amide bonds. The van der Waals surface area contributed by atoms with Gasteiger partial charge in [-0.1, -0.05) is 5.16 Å². The molecular formula is C14H16FN3O3. The fraction of sp³-hybridized carbons (Fsp3) is 0.357. The maximum absolute atomic E-state index is 12.9. The zero-order chi connectivity index (χ0) is 15.6. The molecule has 0 aliphatic carbocycles. The average molecular weight is 293 g/mol. The van der Waals surface area contributed by atoms with Gasteiger partial charge < -0.3 is 9.63 Å². The van der Waals surface area contributed by atoms with Crippen LogP contribution >= 0.6 is 0 Å². The quantitative estimate of drug-likeness (QED) is 0.910. The van der Waals surface area contributed by atoms with Gasteiger partial charge in [0.2, 0.25) is 11.7 Å². The van der Waals surface area contributed by atoms with E-state index >= 15 is 0 Å². The summed E-state index contributed by atoms with van der Waals surface area (Å²) in [6.45, 7) is 3.38. The number of likely N-dealkylation sites (N-methyl/N-ethyl adjacent to an activating group) is 1. The Kier molecular flexibility index (Phi) is 4.04. The number of carboxylic acid groups (broad SMARTS) is 1. The standard InChI is InChI=1S/C14H16FN3O3/c1-14(2,13(19)20)18(3)8-11-16-12(17-21-11)9-4-6-10(15)7-5-9/h4-7H,8H2,1-3H3,(H,19,20). The predicted octanol–water partition coefficient (Wildman–Crippen LogP) is 2.17. The van der Waals surface area contributed by atoms with Crippen molar-refractivity contribution in [3.63, 3.8) is 0 Å². The van der Waals surface area contributed by atoms with Gasteiger partial charge in [0.1, 0.15) is 11.4 Å². The lowest BCUT2D eigenvalue weighted by Gasteiger charge is -2.29. The molecule has 0 spiro atoms. The molecule has 0 saturated heterocycles. The molecule has 2 rings (SSSR count). The molecule has 112 valence electrons. The van der Waals surface area contributed by atoms with Crippen LogP contribution < -0.4 is 0 Å². The van der Waals surface area contributed by atoms with Gasteiger partial charge in [0.05, 0.1) is 6.54 Å². The molecule has 0 aliphatic rings. The number of carboxylic acids is 1. The van der Waals surface area contributed by atoms with Gasteiger partial charge in [-0.15, -0.1) is 0 Å². The van der Waals surface area contributed by atoms with Crippen molar-refractivity contribution in [2.45, 2.75) is 25.9 Å². The number of hydrogen-bond acceptors (Lipinski definition) is 5. The summed E-state index contributed by atoms with van der Waals surface area (Å²) in [5.74, 6) is -0.647. The van der Waals surface area contributed by atoms with Crippen molar-refractivity contribution < 1.29 is 18.8 Å². The summed E-state index contributed by atoms with van der Waals surface area (Å²) in [6, 6.07) is 5.72. The summed E-state index contributed by atoms with van der Waals surface area (Å²) in [6.07, 6.45) is 0. The summed E-state index contributed by atoms with van der Waals surface area (Å²) in [5.41, 5.74) is -0.420. The second kappa shape index (κ2) is 5.61. The van der Waals surface area contributed by atoms with Crippen molar-refractivity contribution >= 4 is 5.97 Å². The summed E-state index contributed by atoms with van der Waals surface area (Å²) in [4.78, 5) is 17.0. The van der Waals surface area contributed by atoms with Crippen LogP contribution in [0, 0.1) is 5.82 Å². The molecule has 1 aromatic heterocycles. The summed E-state index contributed by atoms with van der Waals surface area (Å²) >= 11 is 0. The minimum Gasteiger partial charge on any atom is -0.480 e. The second-order valence-corrected chi connectivity index (χ2v) is 5.24. The fourth-order valence-electron chi connectivity index (χ4n) is 1.60. The summed E-state index contributed by atoms with van der Waals surface area (Å²) in [7, 11) is 1.66. The molecule has 1 aromatic carbocycles. The van der Waals surface area contributed by atoms with E-state index in [-0.39, 0.29) is 12.4 Å². The van der Waals surface area contributed by atoms with Crippen molar-refractivity contribution in [2.75, 3.05) is 7.05 Å². The predicted molar refractivity (Wildman–Crippen MR) is 72.9 cm³/mol. The molecule has 1 N–H and O–H groups in total. The molecule has 0 atom stereocenters. The third kappa shape index (κ3) is 3.25. The van der Waals surface area contributed by atoms with E-state index in [1.807, 2.05) is 0 Å². The van der Waals surface area contributed by atoms with E-state index < -0.39 is 11.5 Å². The molecule has 0 radical (unpaired) electrons. The Hall–Kier alpha value is -2.28. The van der Waals surface area contributed by atoms with E-state index in [9.17, 15) is 9.18 Å². The number of benzene rings is 1. The van der Waals surface area contributed by atoms with E-state index in [1.165, 1.54) is 12.1 Å². The topological polar surface area (TPSA) is 79.5 Å². The Morgan fingerprint density at radius 3 is 2.57 bits per heavy atom. The normalized spacial score (nSPS) is 11.9. The van der Waals surface area contributed by atoms with Crippen LogP contribution in [-0.4, -0.2) is 38.7 Å². The van der Waals surface area contributed by atoms with Gasteiger partial charge in [-0.05, 0) is 45.2 Å². The Balaban J connectivity index is 2.14. The second-order valence-electron chi connectivity index (χ2n) is 5.24. The minimum atomic E-state index is -1.05. The Morgan fingerprint density at radius 2 is 2.00 bits per heavy atom. The monoisotopic (exact) mass is 293 g/mol. The summed E-state index contributed by atoms with van der Waals surface area (Å²) in [5, 5.41) is 13.0. The highest BCUT2D eigenvalue weighted by Crippen LogP contribution is 2.19. The Bertz CT molecular complexity index is 637. The Morgan fingerprint density at radius 1 is 1.38 bits per heavy atom. The Labute approximate surface area is 121 Å². The molecule has 6 nitrogen and oxygen atoms in total. The number of nitrogens with zero attached hydrogens (tertiary/aromatic N) is 3. The first kappa shape index (κ1) is 15.1. The highest BCUT2D eigenvalue weighted by Gasteiger charge is 2.32. The highest BCUT2D eigenvalue weighted by atomic mass is 19.1. The van der Waals surface area contributed by atoms with E-state index in [0.717, 1.165) is 0 Å². The zero-order valence-corrected chi connectivity index (χ0v) is 12.0. The molecule has 0 aliphatic heterocycles. The van der Waals surface area contributed by atoms with Crippen LogP contribution in [-0.2, 0) is 11.3 Å². The molecule has 7 heteroatoms. The molecule has 1 heterocycles. The lowest BCUT2D eigenvalue weighted by atomic mass is 10.0. The number of hydrogen-bond donors (Lipinski definition) is 1. The van der Waals surface area contributed by atoms with Crippen LogP contribution in [0.2, 0.25) is 0 Å². The van der Waals surface area contributed by atoms with Crippen molar-refractivity contribution in [1.82, 2.24) is 15.0 Å². The molecule has 0 unspecified atom stereocenters. The van der Waals surface area contributed by atoms with E-state index in [4.69, 9.17) is 9.63 Å². The van der Waals surface area contributed by atoms with Crippen molar-refractivity contribution in [2.24, 2.45) is 0 Å². The van der Waals surface area contributed by atoms with Crippen LogP contribution in [0.1, 0.15) is 19.7 Å². The number of aromatic nitrogens is 2. The van der Waals surface area contributed by atoms with E-state index in [2.05, 4.69) is 10.1 Å². The van der Waals surface area contributed by atoms with Gasteiger partial charge >= 0.3 is 5.97 Å². The van der Waals surface area contributed by atoms with Gasteiger partial charge in [-0.25, -0.2) is 4.39 Å². The molecule has 2 aromatic rings. The molecule has 0 fully saturated rings. The van der Waals surface area contributed by atoms with Crippen LogP contribution in [0.3, 0.4) is 0 Å². The van der Waals surface area contributed by atoms with Crippen molar-refractivity contribution in [3.8, 4) is 11.4 Å². The summed E-state index contributed by atoms with van der Waals surface area (Å²) < 4.78 is 18.0. The maximum Gasteiger partial charge on any atom is 0.323 e. The number of aliphatic carboxylic acids is 1. The van der Waals surface area contributed by atoms with Gasteiger partial charge in [-0.3, -0.25) is 9.69 Å². The minimum absolute atomic E-state index is 0.202.